The molecule has 4 heteroatoms. The van der Waals surface area contributed by atoms with Crippen molar-refractivity contribution in [3.05, 3.63) is 35.5 Å². The van der Waals surface area contributed by atoms with Crippen molar-refractivity contribution >= 4 is 16.9 Å². The maximum absolute atomic E-state index is 11.6. The molecule has 0 saturated heterocycles. The van der Waals surface area contributed by atoms with Gasteiger partial charge in [0.1, 0.15) is 6.07 Å². The summed E-state index contributed by atoms with van der Waals surface area (Å²) in [7, 11) is 0. The number of nitriles is 1. The van der Waals surface area contributed by atoms with E-state index in [1.54, 1.807) is 31.3 Å². The number of nitrogens with one attached hydrogen (secondary N) is 1. The van der Waals surface area contributed by atoms with E-state index in [2.05, 4.69) is 11.1 Å². The number of nitrogens with zero attached hydrogens (tertiary/aromatic N) is 1. The largest absolute Gasteiger partial charge is 0.462 e. The van der Waals surface area contributed by atoms with Crippen LogP contribution in [0.5, 0.6) is 0 Å². The molecule has 16 heavy (non-hydrogen) atoms. The Bertz CT molecular complexity index is 578. The molecule has 0 radical (unpaired) electrons. The van der Waals surface area contributed by atoms with Gasteiger partial charge in [0.2, 0.25) is 0 Å². The van der Waals surface area contributed by atoms with Crippen molar-refractivity contribution in [1.82, 2.24) is 4.98 Å². The third-order valence-electron chi connectivity index (χ3n) is 2.33. The topological polar surface area (TPSA) is 65.9 Å². The first-order valence-electron chi connectivity index (χ1n) is 4.95. The van der Waals surface area contributed by atoms with E-state index in [1.807, 2.05) is 0 Å². The Hall–Kier alpha value is -2.28. The molecule has 2 rings (SSSR count). The van der Waals surface area contributed by atoms with Crippen LogP contribution in [0.1, 0.15) is 22.8 Å². The summed E-state index contributed by atoms with van der Waals surface area (Å²) in [6.07, 6.45) is 1.59. The second-order valence-electron chi connectivity index (χ2n) is 3.26. The van der Waals surface area contributed by atoms with Crippen LogP contribution in [-0.2, 0) is 4.74 Å². The Labute approximate surface area is 92.4 Å². The van der Waals surface area contributed by atoms with Crippen LogP contribution in [0.15, 0.2) is 24.4 Å². The molecule has 80 valence electrons. The Balaban J connectivity index is 2.60. The Morgan fingerprint density at radius 3 is 3.06 bits per heavy atom. The zero-order valence-corrected chi connectivity index (χ0v) is 8.78. The van der Waals surface area contributed by atoms with Crippen molar-refractivity contribution in [2.75, 3.05) is 6.61 Å². The summed E-state index contributed by atoms with van der Waals surface area (Å²) in [5.74, 6) is -0.376. The van der Waals surface area contributed by atoms with Gasteiger partial charge in [-0.25, -0.2) is 4.79 Å². The molecule has 0 spiro atoms. The second-order valence-corrected chi connectivity index (χ2v) is 3.26. The Kier molecular flexibility index (Phi) is 2.61. The van der Waals surface area contributed by atoms with Crippen LogP contribution in [-0.4, -0.2) is 17.6 Å². The quantitative estimate of drug-likeness (QED) is 0.779. The lowest BCUT2D eigenvalue weighted by molar-refractivity contribution is 0.0528. The number of para-hydroxylation sites is 1. The van der Waals surface area contributed by atoms with Gasteiger partial charge in [-0.1, -0.05) is 12.1 Å². The first kappa shape index (κ1) is 10.2. The van der Waals surface area contributed by atoms with Crippen LogP contribution in [0.4, 0.5) is 0 Å². The summed E-state index contributed by atoms with van der Waals surface area (Å²) in [6.45, 7) is 2.09. The molecular formula is C12H10N2O2. The van der Waals surface area contributed by atoms with Crippen LogP contribution >= 0.6 is 0 Å². The number of hydrogen-bond acceptors (Lipinski definition) is 3. The number of aromatic nitrogens is 1. The van der Waals surface area contributed by atoms with Crippen molar-refractivity contribution in [1.29, 1.82) is 5.26 Å². The highest BCUT2D eigenvalue weighted by Crippen LogP contribution is 2.21. The average Bonchev–Trinajstić information content (AvgIpc) is 2.71. The number of aromatic amines is 1. The SMILES string of the molecule is CCOC(=O)c1cccc2c(C#N)c[nH]c12. The number of carbonyl (C=O) groups excluding carboxylic acids is 1. The Morgan fingerprint density at radius 2 is 2.38 bits per heavy atom. The highest BCUT2D eigenvalue weighted by Gasteiger charge is 2.13. The third-order valence-corrected chi connectivity index (χ3v) is 2.33. The number of H-pyrrole nitrogens is 1. The fourth-order valence-corrected chi connectivity index (χ4v) is 1.63. The third kappa shape index (κ3) is 1.52. The summed E-state index contributed by atoms with van der Waals surface area (Å²) in [5, 5.41) is 9.61. The number of esters is 1. The fraction of sp³-hybridized carbons (Fsp3) is 0.167. The zero-order chi connectivity index (χ0) is 11.5. The van der Waals surface area contributed by atoms with Crippen LogP contribution in [0.3, 0.4) is 0 Å². The minimum atomic E-state index is -0.376. The average molecular weight is 214 g/mol. The summed E-state index contributed by atoms with van der Waals surface area (Å²) < 4.78 is 4.94. The molecule has 1 aromatic carbocycles. The summed E-state index contributed by atoms with van der Waals surface area (Å²) in [4.78, 5) is 14.6. The van der Waals surface area contributed by atoms with Gasteiger partial charge >= 0.3 is 5.97 Å². The van der Waals surface area contributed by atoms with Crippen LogP contribution in [0, 0.1) is 11.3 Å². The molecule has 2 aromatic rings. The van der Waals surface area contributed by atoms with Crippen LogP contribution < -0.4 is 0 Å². The van der Waals surface area contributed by atoms with Gasteiger partial charge in [-0.05, 0) is 13.0 Å². The minimum absolute atomic E-state index is 0.334. The number of hydrogen-bond donors (Lipinski definition) is 1. The lowest BCUT2D eigenvalue weighted by Gasteiger charge is -2.02. The van der Waals surface area contributed by atoms with E-state index in [4.69, 9.17) is 10.00 Å². The summed E-state index contributed by atoms with van der Waals surface area (Å²) in [5.41, 5.74) is 1.64. The van der Waals surface area contributed by atoms with Crippen molar-refractivity contribution in [2.45, 2.75) is 6.92 Å². The molecule has 4 nitrogen and oxygen atoms in total. The molecule has 0 atom stereocenters. The molecule has 0 aliphatic carbocycles. The van der Waals surface area contributed by atoms with Crippen LogP contribution in [0.25, 0.3) is 10.9 Å². The van der Waals surface area contributed by atoms with Gasteiger partial charge in [-0.15, -0.1) is 0 Å². The predicted octanol–water partition coefficient (Wildman–Crippen LogP) is 2.22. The zero-order valence-electron chi connectivity index (χ0n) is 8.78. The number of ether oxygens (including phenoxy) is 1. The molecule has 1 N–H and O–H groups in total. The molecular weight excluding hydrogens is 204 g/mol. The van der Waals surface area contributed by atoms with Crippen molar-refractivity contribution in [3.8, 4) is 6.07 Å². The van der Waals surface area contributed by atoms with Gasteiger partial charge in [-0.3, -0.25) is 0 Å². The van der Waals surface area contributed by atoms with E-state index in [1.165, 1.54) is 0 Å². The maximum Gasteiger partial charge on any atom is 0.340 e. The molecule has 1 aromatic heterocycles. The van der Waals surface area contributed by atoms with Crippen molar-refractivity contribution < 1.29 is 9.53 Å². The molecule has 0 fully saturated rings. The smallest absolute Gasteiger partial charge is 0.340 e. The minimum Gasteiger partial charge on any atom is -0.462 e. The molecule has 0 unspecified atom stereocenters. The molecule has 0 aliphatic rings. The predicted molar refractivity (Wildman–Crippen MR) is 59.0 cm³/mol. The normalized spacial score (nSPS) is 10.0. The fourth-order valence-electron chi connectivity index (χ4n) is 1.63. The molecule has 0 aliphatic heterocycles. The number of carbonyl (C=O) groups is 1. The van der Waals surface area contributed by atoms with E-state index in [9.17, 15) is 4.79 Å². The van der Waals surface area contributed by atoms with Gasteiger partial charge in [0, 0.05) is 11.6 Å². The Morgan fingerprint density at radius 1 is 1.56 bits per heavy atom. The molecule has 0 saturated carbocycles. The number of benzene rings is 1. The van der Waals surface area contributed by atoms with Crippen LogP contribution in [0.2, 0.25) is 0 Å². The summed E-state index contributed by atoms with van der Waals surface area (Å²) in [6, 6.07) is 7.28. The number of rotatable bonds is 2. The van der Waals surface area contributed by atoms with Gasteiger partial charge in [0.05, 0.1) is 23.3 Å². The molecule has 1 heterocycles. The van der Waals surface area contributed by atoms with Crippen molar-refractivity contribution in [3.63, 3.8) is 0 Å². The van der Waals surface area contributed by atoms with E-state index in [-0.39, 0.29) is 5.97 Å². The molecule has 0 amide bonds. The van der Waals surface area contributed by atoms with E-state index >= 15 is 0 Å². The van der Waals surface area contributed by atoms with Gasteiger partial charge in [0.15, 0.2) is 0 Å². The summed E-state index contributed by atoms with van der Waals surface area (Å²) >= 11 is 0. The van der Waals surface area contributed by atoms with E-state index in [0.29, 0.717) is 23.3 Å². The van der Waals surface area contributed by atoms with Gasteiger partial charge < -0.3 is 9.72 Å². The first-order chi connectivity index (χ1) is 7.77. The van der Waals surface area contributed by atoms with Crippen molar-refractivity contribution in [2.24, 2.45) is 0 Å². The first-order valence-corrected chi connectivity index (χ1v) is 4.95. The second kappa shape index (κ2) is 4.07. The standard InChI is InChI=1S/C12H10N2O2/c1-2-16-12(15)10-5-3-4-9-8(6-13)7-14-11(9)10/h3-5,7,14H,2H2,1H3. The van der Waals surface area contributed by atoms with E-state index in [0.717, 1.165) is 5.39 Å². The molecule has 0 bridgehead atoms. The lowest BCUT2D eigenvalue weighted by Crippen LogP contribution is -2.05. The number of fused-ring (bicyclic) bond motifs is 1. The van der Waals surface area contributed by atoms with E-state index < -0.39 is 0 Å². The highest BCUT2D eigenvalue weighted by molar-refractivity contribution is 6.04. The maximum atomic E-state index is 11.6. The lowest BCUT2D eigenvalue weighted by atomic mass is 10.1. The highest BCUT2D eigenvalue weighted by atomic mass is 16.5. The van der Waals surface area contributed by atoms with Gasteiger partial charge in [0.25, 0.3) is 0 Å². The van der Waals surface area contributed by atoms with Gasteiger partial charge in [-0.2, -0.15) is 5.26 Å². The monoisotopic (exact) mass is 214 g/mol.